The summed E-state index contributed by atoms with van der Waals surface area (Å²) in [6.07, 6.45) is 2.22. The van der Waals surface area contributed by atoms with Crippen LogP contribution in [0, 0.1) is 17.3 Å². The summed E-state index contributed by atoms with van der Waals surface area (Å²) in [6, 6.07) is 0. The highest BCUT2D eigenvalue weighted by atomic mass is 32.2. The van der Waals surface area contributed by atoms with E-state index < -0.39 is 0 Å². The molecular weight excluding hydrogens is 232 g/mol. The highest BCUT2D eigenvalue weighted by Gasteiger charge is 2.60. The molecule has 1 fully saturated rings. The van der Waals surface area contributed by atoms with Crippen molar-refractivity contribution < 1.29 is 4.79 Å². The largest absolute Gasteiger partial charge is 0.305 e. The van der Waals surface area contributed by atoms with Gasteiger partial charge in [0, 0.05) is 5.75 Å². The normalized spacial score (nSPS) is 29.5. The molecule has 94 valence electrons. The van der Waals surface area contributed by atoms with E-state index >= 15 is 0 Å². The Morgan fingerprint density at radius 1 is 1.53 bits per heavy atom. The molecule has 0 aromatic heterocycles. The van der Waals surface area contributed by atoms with E-state index in [0.29, 0.717) is 5.92 Å². The number of allylic oxidation sites excluding steroid dienone is 2. The number of carbonyl (C=O) groups is 1. The minimum Gasteiger partial charge on any atom is -0.305 e. The van der Waals surface area contributed by atoms with Gasteiger partial charge in [0.25, 0.3) is 0 Å². The Labute approximate surface area is 107 Å². The Balaban J connectivity index is 1.99. The molecule has 0 aromatic rings. The molecule has 2 atom stereocenters. The van der Waals surface area contributed by atoms with Crippen LogP contribution in [-0.2, 0) is 4.79 Å². The van der Waals surface area contributed by atoms with Gasteiger partial charge in [-0.2, -0.15) is 0 Å². The van der Waals surface area contributed by atoms with Crippen molar-refractivity contribution in [1.82, 2.24) is 5.32 Å². The fourth-order valence-electron chi connectivity index (χ4n) is 2.44. The third kappa shape index (κ3) is 2.57. The molecule has 2 unspecified atom stereocenters. The number of nitrogens with zero attached hydrogens (tertiary/aromatic N) is 1. The quantitative estimate of drug-likeness (QED) is 0.767. The SMILES string of the molecule is CC(C)=CC1C(C(=O)NC2=NCCS2)C1(C)C. The molecule has 0 bridgehead atoms. The monoisotopic (exact) mass is 252 g/mol. The van der Waals surface area contributed by atoms with Crippen molar-refractivity contribution >= 4 is 22.8 Å². The smallest absolute Gasteiger partial charge is 0.230 e. The zero-order chi connectivity index (χ0) is 12.6. The second-order valence-corrected chi connectivity index (χ2v) is 6.68. The van der Waals surface area contributed by atoms with Gasteiger partial charge in [0.1, 0.15) is 0 Å². The van der Waals surface area contributed by atoms with Gasteiger partial charge < -0.3 is 5.32 Å². The zero-order valence-electron chi connectivity index (χ0n) is 10.9. The van der Waals surface area contributed by atoms with E-state index in [1.807, 2.05) is 0 Å². The van der Waals surface area contributed by atoms with Crippen molar-refractivity contribution in [2.24, 2.45) is 22.2 Å². The average molecular weight is 252 g/mol. The standard InChI is InChI=1S/C13H20N2OS/c1-8(2)7-9-10(13(9,3)4)11(16)15-12-14-5-6-17-12/h7,9-10H,5-6H2,1-4H3,(H,14,15,16). The van der Waals surface area contributed by atoms with E-state index in [4.69, 9.17) is 0 Å². The second kappa shape index (κ2) is 4.48. The van der Waals surface area contributed by atoms with Crippen LogP contribution in [-0.4, -0.2) is 23.4 Å². The predicted octanol–water partition coefficient (Wildman–Crippen LogP) is 2.44. The molecule has 1 aliphatic carbocycles. The lowest BCUT2D eigenvalue weighted by atomic mass is 10.1. The number of nitrogens with one attached hydrogen (secondary N) is 1. The number of rotatable bonds is 2. The maximum atomic E-state index is 12.1. The highest BCUT2D eigenvalue weighted by molar-refractivity contribution is 8.14. The molecule has 1 amide bonds. The molecule has 1 saturated carbocycles. The summed E-state index contributed by atoms with van der Waals surface area (Å²) in [7, 11) is 0. The van der Waals surface area contributed by atoms with E-state index in [2.05, 4.69) is 44.1 Å². The predicted molar refractivity (Wildman–Crippen MR) is 73.1 cm³/mol. The molecule has 4 heteroatoms. The van der Waals surface area contributed by atoms with Crippen molar-refractivity contribution in [2.75, 3.05) is 12.3 Å². The van der Waals surface area contributed by atoms with Crippen LogP contribution >= 0.6 is 11.8 Å². The Bertz CT molecular complexity index is 394. The number of thioether (sulfide) groups is 1. The van der Waals surface area contributed by atoms with Crippen LogP contribution in [0.3, 0.4) is 0 Å². The highest BCUT2D eigenvalue weighted by Crippen LogP contribution is 2.59. The number of amidine groups is 1. The molecule has 0 aromatic carbocycles. The maximum absolute atomic E-state index is 12.1. The molecule has 1 heterocycles. The topological polar surface area (TPSA) is 41.5 Å². The number of amides is 1. The lowest BCUT2D eigenvalue weighted by Crippen LogP contribution is -2.30. The van der Waals surface area contributed by atoms with Crippen LogP contribution < -0.4 is 5.32 Å². The van der Waals surface area contributed by atoms with Gasteiger partial charge in [-0.25, -0.2) is 0 Å². The van der Waals surface area contributed by atoms with Crippen LogP contribution in [0.5, 0.6) is 0 Å². The van der Waals surface area contributed by atoms with Gasteiger partial charge in [0.15, 0.2) is 5.17 Å². The first-order chi connectivity index (χ1) is 7.93. The maximum Gasteiger partial charge on any atom is 0.230 e. The molecule has 1 aliphatic heterocycles. The number of hydrogen-bond acceptors (Lipinski definition) is 3. The van der Waals surface area contributed by atoms with Crippen molar-refractivity contribution in [3.63, 3.8) is 0 Å². The fraction of sp³-hybridized carbons (Fsp3) is 0.692. The number of aliphatic imine (C=N–C) groups is 1. The summed E-state index contributed by atoms with van der Waals surface area (Å²) >= 11 is 1.63. The molecule has 0 spiro atoms. The van der Waals surface area contributed by atoms with E-state index in [0.717, 1.165) is 17.5 Å². The zero-order valence-corrected chi connectivity index (χ0v) is 11.7. The van der Waals surface area contributed by atoms with Gasteiger partial charge in [-0.15, -0.1) is 0 Å². The minimum absolute atomic E-state index is 0.0885. The summed E-state index contributed by atoms with van der Waals surface area (Å²) < 4.78 is 0. The number of carbonyl (C=O) groups excluding carboxylic acids is 1. The molecule has 2 rings (SSSR count). The van der Waals surface area contributed by atoms with Crippen LogP contribution in [0.1, 0.15) is 27.7 Å². The second-order valence-electron chi connectivity index (χ2n) is 5.59. The summed E-state index contributed by atoms with van der Waals surface area (Å²) in [6.45, 7) is 9.31. The van der Waals surface area contributed by atoms with Gasteiger partial charge in [-0.1, -0.05) is 37.3 Å². The summed E-state index contributed by atoms with van der Waals surface area (Å²) in [5, 5.41) is 3.74. The molecule has 0 radical (unpaired) electrons. The molecule has 0 saturated heterocycles. The van der Waals surface area contributed by atoms with Crippen molar-refractivity contribution in [3.8, 4) is 0 Å². The van der Waals surface area contributed by atoms with Gasteiger partial charge in [-0.3, -0.25) is 9.79 Å². The van der Waals surface area contributed by atoms with Crippen molar-refractivity contribution in [1.29, 1.82) is 0 Å². The van der Waals surface area contributed by atoms with E-state index in [9.17, 15) is 4.79 Å². The fourth-order valence-corrected chi connectivity index (χ4v) is 3.17. The van der Waals surface area contributed by atoms with Gasteiger partial charge in [-0.05, 0) is 25.2 Å². The van der Waals surface area contributed by atoms with E-state index in [-0.39, 0.29) is 17.2 Å². The summed E-state index contributed by atoms with van der Waals surface area (Å²) in [5.74, 6) is 1.59. The minimum atomic E-state index is 0.0885. The van der Waals surface area contributed by atoms with Gasteiger partial charge in [0.05, 0.1) is 12.5 Å². The van der Waals surface area contributed by atoms with Crippen molar-refractivity contribution in [2.45, 2.75) is 27.7 Å². The van der Waals surface area contributed by atoms with Gasteiger partial charge >= 0.3 is 0 Å². The van der Waals surface area contributed by atoms with Gasteiger partial charge in [0.2, 0.25) is 5.91 Å². The lowest BCUT2D eigenvalue weighted by molar-refractivity contribution is -0.121. The lowest BCUT2D eigenvalue weighted by Gasteiger charge is -2.04. The summed E-state index contributed by atoms with van der Waals surface area (Å²) in [4.78, 5) is 16.4. The first kappa shape index (κ1) is 12.7. The van der Waals surface area contributed by atoms with Crippen molar-refractivity contribution in [3.05, 3.63) is 11.6 Å². The molecule has 2 aliphatic rings. The van der Waals surface area contributed by atoms with Crippen LogP contribution in [0.4, 0.5) is 0 Å². The summed E-state index contributed by atoms with van der Waals surface area (Å²) in [5.41, 5.74) is 1.37. The first-order valence-electron chi connectivity index (χ1n) is 6.06. The van der Waals surface area contributed by atoms with E-state index in [1.165, 1.54) is 5.57 Å². The molecule has 1 N–H and O–H groups in total. The Kier molecular flexibility index (Phi) is 3.34. The van der Waals surface area contributed by atoms with E-state index in [1.54, 1.807) is 11.8 Å². The molecule has 3 nitrogen and oxygen atoms in total. The van der Waals surface area contributed by atoms with Crippen LogP contribution in [0.2, 0.25) is 0 Å². The number of hydrogen-bond donors (Lipinski definition) is 1. The Morgan fingerprint density at radius 2 is 2.24 bits per heavy atom. The average Bonchev–Trinajstić information content (AvgIpc) is 2.64. The Hall–Kier alpha value is -0.770. The van der Waals surface area contributed by atoms with Crippen LogP contribution in [0.25, 0.3) is 0 Å². The van der Waals surface area contributed by atoms with Crippen LogP contribution in [0.15, 0.2) is 16.6 Å². The Morgan fingerprint density at radius 3 is 2.76 bits per heavy atom. The molecular formula is C13H20N2OS. The first-order valence-corrected chi connectivity index (χ1v) is 7.04. The third-order valence-corrected chi connectivity index (χ3v) is 4.41. The third-order valence-electron chi connectivity index (χ3n) is 3.52. The molecule has 17 heavy (non-hydrogen) atoms.